The maximum absolute atomic E-state index is 11.4. The highest BCUT2D eigenvalue weighted by molar-refractivity contribution is 6.60. The zero-order valence-electron chi connectivity index (χ0n) is 14.7. The molecule has 0 aromatic carbocycles. The molecule has 0 bridgehead atoms. The van der Waals surface area contributed by atoms with Gasteiger partial charge < -0.3 is 23.1 Å². The highest BCUT2D eigenvalue weighted by atomic mass is 28.4. The fraction of sp³-hybridized carbons (Fsp3) is 0.800. The van der Waals surface area contributed by atoms with Crippen LogP contribution in [0.5, 0.6) is 0 Å². The molecular formula is C15H31NO6Si. The van der Waals surface area contributed by atoms with Crippen LogP contribution >= 0.6 is 0 Å². The number of esters is 1. The average Bonchev–Trinajstić information content (AvgIpc) is 2.50. The van der Waals surface area contributed by atoms with Crippen LogP contribution in [0.4, 0.5) is 0 Å². The van der Waals surface area contributed by atoms with Gasteiger partial charge in [0, 0.05) is 44.9 Å². The van der Waals surface area contributed by atoms with Crippen LogP contribution in [0, 0.1) is 0 Å². The fourth-order valence-electron chi connectivity index (χ4n) is 2.00. The first kappa shape index (κ1) is 22.2. The summed E-state index contributed by atoms with van der Waals surface area (Å²) in [5, 5.41) is 12.4. The second kappa shape index (κ2) is 12.6. The number of rotatable bonds is 14. The van der Waals surface area contributed by atoms with Crippen LogP contribution < -0.4 is 5.32 Å². The molecule has 7 nitrogen and oxygen atoms in total. The third-order valence-corrected chi connectivity index (χ3v) is 5.96. The van der Waals surface area contributed by atoms with Gasteiger partial charge in [0.15, 0.2) is 6.23 Å². The van der Waals surface area contributed by atoms with E-state index in [2.05, 4.69) is 11.9 Å². The minimum Gasteiger partial charge on any atom is -0.443 e. The molecule has 8 heteroatoms. The largest absolute Gasteiger partial charge is 0.501 e. The third-order valence-electron chi connectivity index (χ3n) is 2.87. The Kier molecular flexibility index (Phi) is 12.2. The van der Waals surface area contributed by atoms with Crippen molar-refractivity contribution in [2.75, 3.05) is 26.4 Å². The van der Waals surface area contributed by atoms with E-state index in [-0.39, 0.29) is 0 Å². The number of aliphatic hydroxyl groups is 1. The monoisotopic (exact) mass is 349 g/mol. The molecule has 0 aliphatic carbocycles. The van der Waals surface area contributed by atoms with Crippen molar-refractivity contribution in [1.82, 2.24) is 5.32 Å². The molecule has 0 amide bonds. The second-order valence-corrected chi connectivity index (χ2v) is 7.64. The number of carbonyl (C=O) groups excluding carboxylic acids is 1. The zero-order chi connectivity index (χ0) is 17.7. The van der Waals surface area contributed by atoms with Gasteiger partial charge in [-0.3, -0.25) is 5.32 Å². The van der Waals surface area contributed by atoms with Gasteiger partial charge in [0.1, 0.15) is 0 Å². The molecule has 23 heavy (non-hydrogen) atoms. The van der Waals surface area contributed by atoms with Gasteiger partial charge in [-0.1, -0.05) is 6.58 Å². The summed E-state index contributed by atoms with van der Waals surface area (Å²) in [7, 11) is -2.80. The van der Waals surface area contributed by atoms with E-state index in [4.69, 9.17) is 18.0 Å². The summed E-state index contributed by atoms with van der Waals surface area (Å²) < 4.78 is 22.6. The molecule has 0 aliphatic rings. The molecule has 0 fully saturated rings. The lowest BCUT2D eigenvalue weighted by Gasteiger charge is -2.30. The van der Waals surface area contributed by atoms with Crippen molar-refractivity contribution in [3.8, 4) is 0 Å². The molecule has 0 saturated carbocycles. The number of hydrogen-bond acceptors (Lipinski definition) is 7. The smallest absolute Gasteiger partial charge is 0.443 e. The van der Waals surface area contributed by atoms with Gasteiger partial charge in [-0.25, -0.2) is 4.79 Å². The highest BCUT2D eigenvalue weighted by Crippen LogP contribution is 2.20. The highest BCUT2D eigenvalue weighted by Gasteiger charge is 2.41. The van der Waals surface area contributed by atoms with Crippen LogP contribution in [0.2, 0.25) is 6.04 Å². The second-order valence-electron chi connectivity index (χ2n) is 4.91. The first-order chi connectivity index (χ1) is 10.9. The zero-order valence-corrected chi connectivity index (χ0v) is 15.7. The van der Waals surface area contributed by atoms with Crippen molar-refractivity contribution in [1.29, 1.82) is 0 Å². The summed E-state index contributed by atoms with van der Waals surface area (Å²) in [6, 6.07) is 0.504. The quantitative estimate of drug-likeness (QED) is 0.212. The van der Waals surface area contributed by atoms with Gasteiger partial charge in [-0.15, -0.1) is 0 Å². The summed E-state index contributed by atoms with van der Waals surface area (Å²) in [5.74, 6) is -0.524. The van der Waals surface area contributed by atoms with E-state index in [1.165, 1.54) is 0 Å². The standard InChI is InChI=1S/C15H31NO6Si/c1-6-15(18)22-14(16-12-13(5)17)10-11-23(19-7-2,20-8-3)21-9-4/h6,13-14,16-17H,1,7-12H2,2-5H3. The molecule has 2 atom stereocenters. The first-order valence-corrected chi connectivity index (χ1v) is 10.0. The third kappa shape index (κ3) is 9.85. The molecule has 0 rings (SSSR count). The van der Waals surface area contributed by atoms with Gasteiger partial charge >= 0.3 is 14.8 Å². The van der Waals surface area contributed by atoms with Crippen LogP contribution in [-0.4, -0.2) is 58.6 Å². The van der Waals surface area contributed by atoms with Crippen LogP contribution in [0.25, 0.3) is 0 Å². The van der Waals surface area contributed by atoms with Gasteiger partial charge in [0.25, 0.3) is 0 Å². The molecule has 0 aliphatic heterocycles. The molecule has 0 heterocycles. The maximum atomic E-state index is 11.4. The minimum absolute atomic E-state index is 0.307. The number of aliphatic hydroxyl groups excluding tert-OH is 1. The van der Waals surface area contributed by atoms with E-state index in [0.29, 0.717) is 38.8 Å². The normalized spacial score (nSPS) is 14.3. The van der Waals surface area contributed by atoms with Crippen molar-refractivity contribution in [2.45, 2.75) is 52.5 Å². The summed E-state index contributed by atoms with van der Waals surface area (Å²) in [6.07, 6.45) is 0.449. The van der Waals surface area contributed by atoms with Crippen molar-refractivity contribution >= 4 is 14.8 Å². The van der Waals surface area contributed by atoms with Crippen LogP contribution in [-0.2, 0) is 22.8 Å². The molecule has 2 unspecified atom stereocenters. The fourth-order valence-corrected chi connectivity index (χ4v) is 4.62. The summed E-state index contributed by atoms with van der Waals surface area (Å²) in [6.45, 7) is 12.5. The van der Waals surface area contributed by atoms with E-state index in [0.717, 1.165) is 6.08 Å². The van der Waals surface area contributed by atoms with Crippen molar-refractivity contribution in [3.63, 3.8) is 0 Å². The Balaban J connectivity index is 4.82. The van der Waals surface area contributed by atoms with E-state index in [9.17, 15) is 9.90 Å². The van der Waals surface area contributed by atoms with Crippen molar-refractivity contribution < 1.29 is 27.9 Å². The Hall–Kier alpha value is -0.773. The summed E-state index contributed by atoms with van der Waals surface area (Å²) in [4.78, 5) is 11.4. The number of nitrogens with one attached hydrogen (secondary N) is 1. The van der Waals surface area contributed by atoms with E-state index >= 15 is 0 Å². The predicted molar refractivity (Wildman–Crippen MR) is 89.8 cm³/mol. The van der Waals surface area contributed by atoms with Gasteiger partial charge in [0.05, 0.1) is 6.10 Å². The lowest BCUT2D eigenvalue weighted by Crippen LogP contribution is -2.48. The Morgan fingerprint density at radius 3 is 2.13 bits per heavy atom. The molecule has 136 valence electrons. The Bertz CT molecular complexity index is 323. The van der Waals surface area contributed by atoms with Crippen molar-refractivity contribution in [2.24, 2.45) is 0 Å². The number of hydrogen-bond donors (Lipinski definition) is 2. The molecule has 2 N–H and O–H groups in total. The SMILES string of the molecule is C=CC(=O)OC(CC[Si](OCC)(OCC)OCC)NCC(C)O. The van der Waals surface area contributed by atoms with Gasteiger partial charge in [-0.2, -0.15) is 0 Å². The Morgan fingerprint density at radius 1 is 1.22 bits per heavy atom. The average molecular weight is 350 g/mol. The van der Waals surface area contributed by atoms with Crippen molar-refractivity contribution in [3.05, 3.63) is 12.7 Å². The number of ether oxygens (including phenoxy) is 1. The maximum Gasteiger partial charge on any atom is 0.501 e. The topological polar surface area (TPSA) is 86.3 Å². The van der Waals surface area contributed by atoms with Crippen LogP contribution in [0.1, 0.15) is 34.1 Å². The lowest BCUT2D eigenvalue weighted by molar-refractivity contribution is -0.145. The molecule has 0 radical (unpaired) electrons. The molecule has 0 aromatic rings. The van der Waals surface area contributed by atoms with Gasteiger partial charge in [0.2, 0.25) is 0 Å². The first-order valence-electron chi connectivity index (χ1n) is 8.09. The number of carbonyl (C=O) groups is 1. The Labute approximate surface area is 140 Å². The van der Waals surface area contributed by atoms with Gasteiger partial charge in [-0.05, 0) is 27.7 Å². The minimum atomic E-state index is -2.80. The predicted octanol–water partition coefficient (Wildman–Crippen LogP) is 1.45. The van der Waals surface area contributed by atoms with Crippen LogP contribution in [0.15, 0.2) is 12.7 Å². The lowest BCUT2D eigenvalue weighted by atomic mass is 10.3. The van der Waals surface area contributed by atoms with E-state index in [1.807, 2.05) is 20.8 Å². The molecular weight excluding hydrogens is 318 g/mol. The Morgan fingerprint density at radius 2 is 1.74 bits per heavy atom. The molecule has 0 aromatic heterocycles. The molecule has 0 spiro atoms. The van der Waals surface area contributed by atoms with E-state index < -0.39 is 27.1 Å². The van der Waals surface area contributed by atoms with E-state index in [1.54, 1.807) is 6.92 Å². The summed E-state index contributed by atoms with van der Waals surface area (Å²) in [5.41, 5.74) is 0. The summed E-state index contributed by atoms with van der Waals surface area (Å²) >= 11 is 0. The van der Waals surface area contributed by atoms with Crippen LogP contribution in [0.3, 0.4) is 0 Å². The molecule has 0 saturated heterocycles.